The molecule has 0 saturated heterocycles. The van der Waals surface area contributed by atoms with Crippen molar-refractivity contribution in [3.8, 4) is 67.9 Å². The Hall–Kier alpha value is -7.69. The lowest BCUT2D eigenvalue weighted by Crippen LogP contribution is -2.32. The van der Waals surface area contributed by atoms with Gasteiger partial charge in [-0.05, 0) is 73.1 Å². The Balaban J connectivity index is 1.10. The van der Waals surface area contributed by atoms with Crippen molar-refractivity contribution in [3.63, 3.8) is 0 Å². The van der Waals surface area contributed by atoms with Crippen molar-refractivity contribution in [2.75, 3.05) is 0 Å². The van der Waals surface area contributed by atoms with Crippen molar-refractivity contribution < 1.29 is 4.74 Å². The second kappa shape index (κ2) is 12.7. The number of hydrogen-bond donors (Lipinski definition) is 0. The number of rotatable bonds is 4. The number of aromatic nitrogens is 3. The molecular formula is C54H33N3O. The third kappa shape index (κ3) is 4.72. The Kier molecular flexibility index (Phi) is 7.11. The second-order valence-corrected chi connectivity index (χ2v) is 15.1. The molecule has 0 radical (unpaired) electrons. The van der Waals surface area contributed by atoms with Crippen molar-refractivity contribution in [1.82, 2.24) is 15.0 Å². The minimum Gasteiger partial charge on any atom is -0.457 e. The van der Waals surface area contributed by atoms with E-state index in [1.165, 1.54) is 32.7 Å². The molecule has 10 aromatic rings. The lowest BCUT2D eigenvalue weighted by atomic mass is 9.66. The van der Waals surface area contributed by atoms with Crippen LogP contribution in [0.25, 0.3) is 78.0 Å². The molecule has 2 aliphatic rings. The highest BCUT2D eigenvalue weighted by atomic mass is 16.5. The Labute approximate surface area is 335 Å². The zero-order valence-corrected chi connectivity index (χ0v) is 31.3. The molecule has 0 bridgehead atoms. The molecule has 0 atom stereocenters. The molecule has 1 spiro atoms. The highest BCUT2D eigenvalue weighted by molar-refractivity contribution is 6.08. The van der Waals surface area contributed by atoms with Gasteiger partial charge in [0.15, 0.2) is 17.5 Å². The molecule has 4 nitrogen and oxygen atoms in total. The van der Waals surface area contributed by atoms with E-state index < -0.39 is 5.41 Å². The highest BCUT2D eigenvalue weighted by Gasteiger charge is 2.51. The van der Waals surface area contributed by atoms with E-state index in [4.69, 9.17) is 19.7 Å². The molecule has 0 saturated carbocycles. The third-order valence-corrected chi connectivity index (χ3v) is 12.0. The molecule has 4 heteroatoms. The van der Waals surface area contributed by atoms with Crippen LogP contribution < -0.4 is 4.74 Å². The van der Waals surface area contributed by atoms with Crippen LogP contribution in [0, 0.1) is 0 Å². The van der Waals surface area contributed by atoms with Gasteiger partial charge in [0.25, 0.3) is 0 Å². The number of fused-ring (bicyclic) bond motifs is 12. The van der Waals surface area contributed by atoms with Crippen molar-refractivity contribution >= 4 is 21.5 Å². The fourth-order valence-corrected chi connectivity index (χ4v) is 9.53. The predicted octanol–water partition coefficient (Wildman–Crippen LogP) is 13.3. The summed E-state index contributed by atoms with van der Waals surface area (Å²) in [6.45, 7) is 0. The minimum absolute atomic E-state index is 0.598. The molecular weight excluding hydrogens is 707 g/mol. The van der Waals surface area contributed by atoms with E-state index in [2.05, 4.69) is 170 Å². The number of ether oxygens (including phenoxy) is 1. The van der Waals surface area contributed by atoms with Crippen molar-refractivity contribution in [2.24, 2.45) is 0 Å². The number of para-hydroxylation sites is 2. The van der Waals surface area contributed by atoms with Crippen LogP contribution in [-0.2, 0) is 5.41 Å². The van der Waals surface area contributed by atoms with Crippen LogP contribution in [0.3, 0.4) is 0 Å². The van der Waals surface area contributed by atoms with Crippen LogP contribution in [-0.4, -0.2) is 15.0 Å². The maximum Gasteiger partial charge on any atom is 0.164 e. The fourth-order valence-electron chi connectivity index (χ4n) is 9.53. The molecule has 1 aliphatic carbocycles. The molecule has 58 heavy (non-hydrogen) atoms. The van der Waals surface area contributed by atoms with Gasteiger partial charge < -0.3 is 4.74 Å². The van der Waals surface area contributed by atoms with Gasteiger partial charge in [-0.25, -0.2) is 15.0 Å². The minimum atomic E-state index is -0.598. The number of nitrogens with zero attached hydrogens (tertiary/aromatic N) is 3. The summed E-state index contributed by atoms with van der Waals surface area (Å²) in [4.78, 5) is 15.9. The van der Waals surface area contributed by atoms with Crippen LogP contribution in [0.2, 0.25) is 0 Å². The summed E-state index contributed by atoms with van der Waals surface area (Å²) in [5.41, 5.74) is 11.3. The number of hydrogen-bond acceptors (Lipinski definition) is 4. The molecule has 9 aromatic carbocycles. The molecule has 2 heterocycles. The summed E-state index contributed by atoms with van der Waals surface area (Å²) in [6, 6.07) is 70.7. The molecule has 1 aliphatic heterocycles. The molecule has 0 unspecified atom stereocenters. The third-order valence-electron chi connectivity index (χ3n) is 12.0. The highest BCUT2D eigenvalue weighted by Crippen LogP contribution is 2.63. The molecule has 0 N–H and O–H groups in total. The maximum absolute atomic E-state index is 6.60. The van der Waals surface area contributed by atoms with Gasteiger partial charge in [-0.1, -0.05) is 182 Å². The standard InChI is InChI=1S/C54H33N3O/c1-2-16-35(17-3-1)51-55-52(41-20-7-6-19-39(41)37-31-32-40-36(33-37)30-29-34-15-4-5-18-38(34)40)57-53(56-51)43-22-14-26-47-50(43)42-21-8-9-23-44(42)54(47)45-24-10-12-27-48(45)58-49-28-13-11-25-46(49)54/h1-33H. The normalized spacial score (nSPS) is 13.1. The summed E-state index contributed by atoms with van der Waals surface area (Å²) < 4.78 is 6.60. The predicted molar refractivity (Wildman–Crippen MR) is 234 cm³/mol. The van der Waals surface area contributed by atoms with Gasteiger partial charge in [-0.15, -0.1) is 0 Å². The SMILES string of the molecule is c1ccc(-c2nc(-c3ccccc3-c3ccc4c(ccc5ccccc54)c3)nc(-c3cccc4c3-c3ccccc3C43c4ccccc4Oc4ccccc43)n2)cc1. The van der Waals surface area contributed by atoms with Gasteiger partial charge in [0.1, 0.15) is 11.5 Å². The van der Waals surface area contributed by atoms with Crippen molar-refractivity contribution in [2.45, 2.75) is 5.41 Å². The number of benzene rings is 9. The van der Waals surface area contributed by atoms with Gasteiger partial charge in [-0.2, -0.15) is 0 Å². The average molecular weight is 740 g/mol. The van der Waals surface area contributed by atoms with Crippen LogP contribution in [0.15, 0.2) is 200 Å². The first kappa shape index (κ1) is 32.5. The first-order chi connectivity index (χ1) is 28.8. The van der Waals surface area contributed by atoms with Crippen LogP contribution in [0.5, 0.6) is 11.5 Å². The first-order valence-electron chi connectivity index (χ1n) is 19.7. The van der Waals surface area contributed by atoms with Crippen LogP contribution >= 0.6 is 0 Å². The van der Waals surface area contributed by atoms with Gasteiger partial charge in [0, 0.05) is 27.8 Å². The maximum atomic E-state index is 6.60. The van der Waals surface area contributed by atoms with E-state index in [0.29, 0.717) is 17.5 Å². The van der Waals surface area contributed by atoms with Gasteiger partial charge in [0.05, 0.1) is 5.41 Å². The Morgan fingerprint density at radius 1 is 0.328 bits per heavy atom. The summed E-state index contributed by atoms with van der Waals surface area (Å²) >= 11 is 0. The summed E-state index contributed by atoms with van der Waals surface area (Å²) in [7, 11) is 0. The Bertz CT molecular complexity index is 3230. The van der Waals surface area contributed by atoms with Crippen molar-refractivity contribution in [1.29, 1.82) is 0 Å². The monoisotopic (exact) mass is 739 g/mol. The van der Waals surface area contributed by atoms with E-state index in [9.17, 15) is 0 Å². The Morgan fingerprint density at radius 3 is 1.67 bits per heavy atom. The molecule has 270 valence electrons. The van der Waals surface area contributed by atoms with Crippen molar-refractivity contribution in [3.05, 3.63) is 222 Å². The van der Waals surface area contributed by atoms with Crippen LogP contribution in [0.4, 0.5) is 0 Å². The lowest BCUT2D eigenvalue weighted by molar-refractivity contribution is 0.436. The average Bonchev–Trinajstić information content (AvgIpc) is 3.59. The second-order valence-electron chi connectivity index (χ2n) is 15.1. The van der Waals surface area contributed by atoms with Gasteiger partial charge in [0.2, 0.25) is 0 Å². The summed E-state index contributed by atoms with van der Waals surface area (Å²) in [5.74, 6) is 3.60. The first-order valence-corrected chi connectivity index (χ1v) is 19.7. The molecule has 1 aromatic heterocycles. The van der Waals surface area contributed by atoms with Gasteiger partial charge >= 0.3 is 0 Å². The smallest absolute Gasteiger partial charge is 0.164 e. The topological polar surface area (TPSA) is 47.9 Å². The van der Waals surface area contributed by atoms with Crippen LogP contribution in [0.1, 0.15) is 22.3 Å². The Morgan fingerprint density at radius 2 is 0.879 bits per heavy atom. The molecule has 12 rings (SSSR count). The zero-order valence-electron chi connectivity index (χ0n) is 31.3. The lowest BCUT2D eigenvalue weighted by Gasteiger charge is -2.39. The van der Waals surface area contributed by atoms with E-state index in [-0.39, 0.29) is 0 Å². The van der Waals surface area contributed by atoms with E-state index in [1.54, 1.807) is 0 Å². The van der Waals surface area contributed by atoms with E-state index >= 15 is 0 Å². The largest absolute Gasteiger partial charge is 0.457 e. The summed E-state index contributed by atoms with van der Waals surface area (Å²) in [6.07, 6.45) is 0. The van der Waals surface area contributed by atoms with Gasteiger partial charge in [-0.3, -0.25) is 0 Å². The molecule has 0 amide bonds. The fraction of sp³-hybridized carbons (Fsp3) is 0.0185. The quantitative estimate of drug-likeness (QED) is 0.169. The van der Waals surface area contributed by atoms with E-state index in [0.717, 1.165) is 61.6 Å². The zero-order chi connectivity index (χ0) is 38.2. The summed E-state index contributed by atoms with van der Waals surface area (Å²) in [5, 5.41) is 4.91. The molecule has 0 fully saturated rings. The van der Waals surface area contributed by atoms with E-state index in [1.807, 2.05) is 30.3 Å².